The lowest BCUT2D eigenvalue weighted by molar-refractivity contribution is -0.133. The summed E-state index contributed by atoms with van der Waals surface area (Å²) in [5, 5.41) is 0. The van der Waals surface area contributed by atoms with E-state index in [0.717, 1.165) is 16.7 Å². The number of ether oxygens (including phenoxy) is 1. The van der Waals surface area contributed by atoms with Crippen LogP contribution >= 0.6 is 0 Å². The van der Waals surface area contributed by atoms with Crippen LogP contribution < -0.4 is 0 Å². The van der Waals surface area contributed by atoms with Crippen LogP contribution in [0.4, 0.5) is 0 Å². The maximum atomic E-state index is 11.3. The van der Waals surface area contributed by atoms with Crippen LogP contribution in [0.2, 0.25) is 0 Å². The van der Waals surface area contributed by atoms with Crippen LogP contribution in [0.1, 0.15) is 5.56 Å². The molecular formula is C16H14O2. The SMILES string of the molecule is C=C(C(=O)OC)c1ccc(-c2ccccc2)cc1. The maximum Gasteiger partial charge on any atom is 0.337 e. The quantitative estimate of drug-likeness (QED) is 0.604. The van der Waals surface area contributed by atoms with Gasteiger partial charge in [0.2, 0.25) is 0 Å². The zero-order chi connectivity index (χ0) is 13.0. The molecule has 0 aliphatic heterocycles. The van der Waals surface area contributed by atoms with Gasteiger partial charge in [0.1, 0.15) is 0 Å². The third-order valence-electron chi connectivity index (χ3n) is 2.77. The Hall–Kier alpha value is -2.35. The molecule has 0 saturated carbocycles. The Bertz CT molecular complexity index is 553. The summed E-state index contributed by atoms with van der Waals surface area (Å²) in [5.74, 6) is -0.400. The van der Waals surface area contributed by atoms with Gasteiger partial charge in [-0.2, -0.15) is 0 Å². The zero-order valence-corrected chi connectivity index (χ0v) is 10.2. The first kappa shape index (κ1) is 12.1. The van der Waals surface area contributed by atoms with E-state index in [0.29, 0.717) is 5.57 Å². The molecule has 0 aliphatic rings. The van der Waals surface area contributed by atoms with Crippen molar-refractivity contribution in [3.8, 4) is 11.1 Å². The van der Waals surface area contributed by atoms with Gasteiger partial charge in [-0.3, -0.25) is 0 Å². The Morgan fingerprint density at radius 1 is 0.944 bits per heavy atom. The summed E-state index contributed by atoms with van der Waals surface area (Å²) in [6, 6.07) is 17.8. The standard InChI is InChI=1S/C16H14O2/c1-12(16(17)18-2)13-8-10-15(11-9-13)14-6-4-3-5-7-14/h3-11H,1H2,2H3. The van der Waals surface area contributed by atoms with Crippen molar-refractivity contribution in [2.24, 2.45) is 0 Å². The molecule has 0 aromatic heterocycles. The Morgan fingerprint density at radius 2 is 1.50 bits per heavy atom. The number of methoxy groups -OCH3 is 1. The molecule has 2 rings (SSSR count). The minimum Gasteiger partial charge on any atom is -0.465 e. The van der Waals surface area contributed by atoms with Gasteiger partial charge in [-0.15, -0.1) is 0 Å². The number of benzene rings is 2. The molecule has 0 bridgehead atoms. The largest absolute Gasteiger partial charge is 0.465 e. The van der Waals surface area contributed by atoms with Crippen molar-refractivity contribution in [1.82, 2.24) is 0 Å². The van der Waals surface area contributed by atoms with Gasteiger partial charge in [0.15, 0.2) is 0 Å². The van der Waals surface area contributed by atoms with E-state index >= 15 is 0 Å². The van der Waals surface area contributed by atoms with Crippen LogP contribution in [-0.2, 0) is 9.53 Å². The second-order valence-corrected chi connectivity index (χ2v) is 3.91. The minimum atomic E-state index is -0.400. The highest BCUT2D eigenvalue weighted by molar-refractivity contribution is 6.15. The molecule has 0 radical (unpaired) electrons. The highest BCUT2D eigenvalue weighted by Crippen LogP contribution is 2.22. The predicted octanol–water partition coefficient (Wildman–Crippen LogP) is 3.54. The van der Waals surface area contributed by atoms with E-state index < -0.39 is 5.97 Å². The molecule has 2 nitrogen and oxygen atoms in total. The number of hydrogen-bond acceptors (Lipinski definition) is 2. The molecule has 0 saturated heterocycles. The van der Waals surface area contributed by atoms with Gasteiger partial charge in [-0.05, 0) is 16.7 Å². The fourth-order valence-electron chi connectivity index (χ4n) is 1.74. The van der Waals surface area contributed by atoms with Crippen LogP contribution in [0.5, 0.6) is 0 Å². The Kier molecular flexibility index (Phi) is 3.58. The Morgan fingerprint density at radius 3 is 2.06 bits per heavy atom. The van der Waals surface area contributed by atoms with Crippen molar-refractivity contribution < 1.29 is 9.53 Å². The van der Waals surface area contributed by atoms with Gasteiger partial charge < -0.3 is 4.74 Å². The van der Waals surface area contributed by atoms with E-state index in [1.807, 2.05) is 54.6 Å². The average Bonchev–Trinajstić information content (AvgIpc) is 2.47. The molecule has 90 valence electrons. The Labute approximate surface area is 107 Å². The van der Waals surface area contributed by atoms with Gasteiger partial charge >= 0.3 is 5.97 Å². The molecule has 0 fully saturated rings. The summed E-state index contributed by atoms with van der Waals surface area (Å²) in [4.78, 5) is 11.3. The molecule has 0 unspecified atom stereocenters. The van der Waals surface area contributed by atoms with Crippen LogP contribution in [0.3, 0.4) is 0 Å². The molecule has 2 aromatic rings. The van der Waals surface area contributed by atoms with Crippen molar-refractivity contribution in [1.29, 1.82) is 0 Å². The molecule has 0 atom stereocenters. The molecule has 0 N–H and O–H groups in total. The molecule has 18 heavy (non-hydrogen) atoms. The van der Waals surface area contributed by atoms with Gasteiger partial charge in [0.25, 0.3) is 0 Å². The fourth-order valence-corrected chi connectivity index (χ4v) is 1.74. The summed E-state index contributed by atoms with van der Waals surface area (Å²) in [6.07, 6.45) is 0. The molecule has 0 spiro atoms. The molecular weight excluding hydrogens is 224 g/mol. The second kappa shape index (κ2) is 5.32. The van der Waals surface area contributed by atoms with E-state index in [9.17, 15) is 4.79 Å². The highest BCUT2D eigenvalue weighted by Gasteiger charge is 2.09. The first-order chi connectivity index (χ1) is 8.72. The van der Waals surface area contributed by atoms with E-state index in [4.69, 9.17) is 0 Å². The van der Waals surface area contributed by atoms with Crippen LogP contribution in [0.25, 0.3) is 16.7 Å². The molecule has 2 aromatic carbocycles. The van der Waals surface area contributed by atoms with Crippen LogP contribution in [0, 0.1) is 0 Å². The van der Waals surface area contributed by atoms with Crippen LogP contribution in [0.15, 0.2) is 61.2 Å². The summed E-state index contributed by atoms with van der Waals surface area (Å²) in [6.45, 7) is 3.72. The highest BCUT2D eigenvalue weighted by atomic mass is 16.5. The molecule has 2 heteroatoms. The summed E-state index contributed by atoms with van der Waals surface area (Å²) in [5.41, 5.74) is 3.41. The van der Waals surface area contributed by atoms with E-state index in [1.54, 1.807) is 0 Å². The normalized spacial score (nSPS) is 9.83. The monoisotopic (exact) mass is 238 g/mol. The predicted molar refractivity (Wildman–Crippen MR) is 72.9 cm³/mol. The van der Waals surface area contributed by atoms with Gasteiger partial charge in [-0.1, -0.05) is 61.2 Å². The lowest BCUT2D eigenvalue weighted by Crippen LogP contribution is -2.02. The maximum absolute atomic E-state index is 11.3. The van der Waals surface area contributed by atoms with Crippen LogP contribution in [-0.4, -0.2) is 13.1 Å². The number of esters is 1. The summed E-state index contributed by atoms with van der Waals surface area (Å²) in [7, 11) is 1.35. The lowest BCUT2D eigenvalue weighted by atomic mass is 10.0. The first-order valence-electron chi connectivity index (χ1n) is 5.65. The summed E-state index contributed by atoms with van der Waals surface area (Å²) < 4.78 is 4.64. The van der Waals surface area contributed by atoms with E-state index in [2.05, 4.69) is 11.3 Å². The first-order valence-corrected chi connectivity index (χ1v) is 5.65. The van der Waals surface area contributed by atoms with Crippen molar-refractivity contribution in [2.45, 2.75) is 0 Å². The van der Waals surface area contributed by atoms with Crippen molar-refractivity contribution in [2.75, 3.05) is 7.11 Å². The second-order valence-electron chi connectivity index (χ2n) is 3.91. The number of rotatable bonds is 3. The van der Waals surface area contributed by atoms with E-state index in [1.165, 1.54) is 7.11 Å². The summed E-state index contributed by atoms with van der Waals surface area (Å²) >= 11 is 0. The lowest BCUT2D eigenvalue weighted by Gasteiger charge is -2.05. The number of carbonyl (C=O) groups is 1. The smallest absolute Gasteiger partial charge is 0.337 e. The van der Waals surface area contributed by atoms with Crippen molar-refractivity contribution >= 4 is 11.5 Å². The number of carbonyl (C=O) groups excluding carboxylic acids is 1. The third-order valence-corrected chi connectivity index (χ3v) is 2.77. The van der Waals surface area contributed by atoms with Gasteiger partial charge in [-0.25, -0.2) is 4.79 Å². The fraction of sp³-hybridized carbons (Fsp3) is 0.0625. The molecule has 0 aliphatic carbocycles. The molecule has 0 amide bonds. The Balaban J connectivity index is 2.26. The van der Waals surface area contributed by atoms with E-state index in [-0.39, 0.29) is 0 Å². The minimum absolute atomic E-state index is 0.372. The van der Waals surface area contributed by atoms with Gasteiger partial charge in [0.05, 0.1) is 12.7 Å². The average molecular weight is 238 g/mol. The molecule has 0 heterocycles. The van der Waals surface area contributed by atoms with Crippen molar-refractivity contribution in [3.05, 3.63) is 66.7 Å². The third kappa shape index (κ3) is 2.48. The topological polar surface area (TPSA) is 26.3 Å². The zero-order valence-electron chi connectivity index (χ0n) is 10.2. The number of hydrogen-bond donors (Lipinski definition) is 0. The van der Waals surface area contributed by atoms with Gasteiger partial charge in [0, 0.05) is 0 Å². The van der Waals surface area contributed by atoms with Crippen molar-refractivity contribution in [3.63, 3.8) is 0 Å².